The van der Waals surface area contributed by atoms with Gasteiger partial charge in [-0.05, 0) is 68.9 Å². The molecule has 210 valence electrons. The van der Waals surface area contributed by atoms with Crippen LogP contribution in [0.2, 0.25) is 5.02 Å². The summed E-state index contributed by atoms with van der Waals surface area (Å²) >= 11 is 7.54. The van der Waals surface area contributed by atoms with Crippen LogP contribution in [0, 0.1) is 11.2 Å². The van der Waals surface area contributed by atoms with Crippen molar-refractivity contribution in [3.05, 3.63) is 29.0 Å². The zero-order valence-corrected chi connectivity index (χ0v) is 23.8. The Hall–Kier alpha value is -1.51. The summed E-state index contributed by atoms with van der Waals surface area (Å²) in [5.74, 6) is -0.604. The average Bonchev–Trinajstić information content (AvgIpc) is 3.20. The molecular weight excluding hydrogens is 527 g/mol. The molecule has 3 N–H and O–H groups in total. The van der Waals surface area contributed by atoms with Crippen molar-refractivity contribution in [1.82, 2.24) is 10.6 Å². The molecule has 4 aliphatic carbocycles. The molecule has 6 nitrogen and oxygen atoms in total. The van der Waals surface area contributed by atoms with Crippen LogP contribution in [0.5, 0.6) is 5.75 Å². The van der Waals surface area contributed by atoms with Crippen LogP contribution in [0.4, 0.5) is 4.39 Å². The molecule has 1 aliphatic heterocycles. The van der Waals surface area contributed by atoms with Gasteiger partial charge in [-0.2, -0.15) is 0 Å². The maximum Gasteiger partial charge on any atom is 0.258 e. The van der Waals surface area contributed by atoms with Gasteiger partial charge in [0, 0.05) is 16.9 Å². The minimum Gasteiger partial charge on any atom is -0.484 e. The second-order valence-corrected chi connectivity index (χ2v) is 14.2. The molecule has 1 saturated heterocycles. The molecule has 9 heteroatoms. The summed E-state index contributed by atoms with van der Waals surface area (Å²) in [7, 11) is 0. The number of carbonyl (C=O) groups is 2. The summed E-state index contributed by atoms with van der Waals surface area (Å²) in [6.45, 7) is 1.97. The zero-order chi connectivity index (χ0) is 27.0. The lowest BCUT2D eigenvalue weighted by Crippen LogP contribution is -2.71. The second-order valence-electron chi connectivity index (χ2n) is 12.2. The highest BCUT2D eigenvalue weighted by molar-refractivity contribution is 8.01. The van der Waals surface area contributed by atoms with E-state index in [0.717, 1.165) is 38.2 Å². The number of aliphatic hydroxyl groups excluding tert-OH is 1. The monoisotopic (exact) mass is 566 g/mol. The summed E-state index contributed by atoms with van der Waals surface area (Å²) in [5.41, 5.74) is -1.05. The molecule has 1 heterocycles. The molecule has 0 aromatic heterocycles. The highest BCUT2D eigenvalue weighted by atomic mass is 35.5. The van der Waals surface area contributed by atoms with E-state index in [1.165, 1.54) is 44.2 Å². The minimum atomic E-state index is -0.757. The largest absolute Gasteiger partial charge is 0.484 e. The summed E-state index contributed by atoms with van der Waals surface area (Å²) in [4.78, 5) is 26.5. The van der Waals surface area contributed by atoms with Crippen LogP contribution in [0.3, 0.4) is 0 Å². The molecule has 1 aromatic carbocycles. The second kappa shape index (κ2) is 11.2. The van der Waals surface area contributed by atoms with E-state index in [4.69, 9.17) is 16.3 Å². The van der Waals surface area contributed by atoms with Gasteiger partial charge in [0.05, 0.1) is 21.9 Å². The highest BCUT2D eigenvalue weighted by Gasteiger charge is 2.57. The number of thioether (sulfide) groups is 1. The van der Waals surface area contributed by atoms with Crippen LogP contribution < -0.4 is 15.4 Å². The maximum absolute atomic E-state index is 13.8. The van der Waals surface area contributed by atoms with Crippen LogP contribution in [-0.4, -0.2) is 51.2 Å². The number of aliphatic hydroxyl groups is 1. The van der Waals surface area contributed by atoms with Crippen molar-refractivity contribution in [2.45, 2.75) is 118 Å². The first-order valence-electron chi connectivity index (χ1n) is 14.2. The highest BCUT2D eigenvalue weighted by Crippen LogP contribution is 2.55. The van der Waals surface area contributed by atoms with E-state index in [-0.39, 0.29) is 39.9 Å². The summed E-state index contributed by atoms with van der Waals surface area (Å²) in [6, 6.07) is 4.03. The number of nitrogens with one attached hydrogen (secondary N) is 2. The SMILES string of the molecule is CC1CC2(CCCCCCC2)C(C(=O)NC23CCC(NC(=O)COc4ccc(Cl)c(F)c4)(CC2)C(O)C3)S1. The van der Waals surface area contributed by atoms with Crippen molar-refractivity contribution in [1.29, 1.82) is 0 Å². The Bertz CT molecular complexity index is 1040. The first-order valence-corrected chi connectivity index (χ1v) is 15.5. The molecule has 4 saturated carbocycles. The quantitative estimate of drug-likeness (QED) is 0.421. The van der Waals surface area contributed by atoms with Crippen molar-refractivity contribution in [3.8, 4) is 5.75 Å². The number of hydrogen-bond donors (Lipinski definition) is 3. The van der Waals surface area contributed by atoms with Crippen molar-refractivity contribution < 1.29 is 23.8 Å². The molecule has 3 unspecified atom stereocenters. The molecule has 3 atom stereocenters. The number of rotatable bonds is 6. The van der Waals surface area contributed by atoms with Gasteiger partial charge in [-0.1, -0.05) is 50.6 Å². The van der Waals surface area contributed by atoms with Gasteiger partial charge in [0.2, 0.25) is 5.91 Å². The molecular formula is C29H40ClFN2O4S. The van der Waals surface area contributed by atoms with Gasteiger partial charge in [0.1, 0.15) is 11.6 Å². The standard InChI is InChI=1S/C29H40ClFN2O4S/c1-19-16-27(9-5-3-2-4-6-10-27)25(38-19)26(36)33-28-11-13-29(14-12-28,23(34)17-28)32-24(35)18-37-20-7-8-21(30)22(31)15-20/h7-8,15,19,23,25,34H,2-6,9-14,16-18H2,1H3,(H,32,35)(H,33,36). The Labute approximate surface area is 234 Å². The lowest BCUT2D eigenvalue weighted by Gasteiger charge is -2.56. The van der Waals surface area contributed by atoms with Crippen molar-refractivity contribution in [2.24, 2.45) is 5.41 Å². The van der Waals surface area contributed by atoms with Crippen LogP contribution in [0.25, 0.3) is 0 Å². The van der Waals surface area contributed by atoms with Crippen molar-refractivity contribution in [2.75, 3.05) is 6.61 Å². The smallest absolute Gasteiger partial charge is 0.258 e. The maximum atomic E-state index is 13.8. The Morgan fingerprint density at radius 2 is 1.74 bits per heavy atom. The third-order valence-corrected chi connectivity index (χ3v) is 11.5. The Balaban J connectivity index is 1.19. The van der Waals surface area contributed by atoms with Crippen LogP contribution in [0.15, 0.2) is 18.2 Å². The van der Waals surface area contributed by atoms with E-state index >= 15 is 0 Å². The fourth-order valence-corrected chi connectivity index (χ4v) is 9.35. The van der Waals surface area contributed by atoms with Gasteiger partial charge in [-0.15, -0.1) is 11.8 Å². The van der Waals surface area contributed by atoms with E-state index < -0.39 is 23.0 Å². The van der Waals surface area contributed by atoms with Gasteiger partial charge in [-0.25, -0.2) is 4.39 Å². The third kappa shape index (κ3) is 5.68. The number of benzene rings is 1. The van der Waals surface area contributed by atoms with Gasteiger partial charge < -0.3 is 20.5 Å². The van der Waals surface area contributed by atoms with E-state index in [1.54, 1.807) is 0 Å². The molecule has 2 bridgehead atoms. The first kappa shape index (κ1) is 28.0. The summed E-state index contributed by atoms with van der Waals surface area (Å²) < 4.78 is 19.1. The van der Waals surface area contributed by atoms with Crippen molar-refractivity contribution in [3.63, 3.8) is 0 Å². The molecule has 1 aromatic rings. The van der Waals surface area contributed by atoms with Crippen molar-refractivity contribution >= 4 is 35.2 Å². The fourth-order valence-electron chi connectivity index (χ4n) is 7.54. The van der Waals surface area contributed by atoms with E-state index in [1.807, 2.05) is 11.8 Å². The molecule has 6 rings (SSSR count). The number of ether oxygens (including phenoxy) is 1. The Morgan fingerprint density at radius 1 is 1.05 bits per heavy atom. The normalized spacial score (nSPS) is 34.4. The predicted octanol–water partition coefficient (Wildman–Crippen LogP) is 5.53. The molecule has 5 aliphatic rings. The topological polar surface area (TPSA) is 87.7 Å². The minimum absolute atomic E-state index is 0.00954. The lowest BCUT2D eigenvalue weighted by molar-refractivity contribution is -0.137. The molecule has 2 amide bonds. The van der Waals surface area contributed by atoms with Gasteiger partial charge >= 0.3 is 0 Å². The van der Waals surface area contributed by atoms with Gasteiger partial charge in [-0.3, -0.25) is 9.59 Å². The van der Waals surface area contributed by atoms with Crippen LogP contribution >= 0.6 is 23.4 Å². The third-order valence-electron chi connectivity index (χ3n) is 9.57. The number of carbonyl (C=O) groups excluding carboxylic acids is 2. The number of hydrogen-bond acceptors (Lipinski definition) is 5. The predicted molar refractivity (Wildman–Crippen MR) is 148 cm³/mol. The Morgan fingerprint density at radius 3 is 2.39 bits per heavy atom. The summed E-state index contributed by atoms with van der Waals surface area (Å²) in [6.07, 6.45) is 11.9. The van der Waals surface area contributed by atoms with E-state index in [2.05, 4.69) is 17.6 Å². The fraction of sp³-hybridized carbons (Fsp3) is 0.724. The number of fused-ring (bicyclic) bond motifs is 3. The zero-order valence-electron chi connectivity index (χ0n) is 22.2. The van der Waals surface area contributed by atoms with E-state index in [9.17, 15) is 19.1 Å². The molecule has 0 radical (unpaired) electrons. The van der Waals surface area contributed by atoms with E-state index in [0.29, 0.717) is 24.5 Å². The van der Waals surface area contributed by atoms with Gasteiger partial charge in [0.15, 0.2) is 6.61 Å². The molecule has 38 heavy (non-hydrogen) atoms. The lowest BCUT2D eigenvalue weighted by atomic mass is 9.59. The average molecular weight is 567 g/mol. The summed E-state index contributed by atoms with van der Waals surface area (Å²) in [5, 5.41) is 18.1. The van der Waals surface area contributed by atoms with Crippen LogP contribution in [0.1, 0.15) is 90.4 Å². The molecule has 5 fully saturated rings. The molecule has 1 spiro atoms. The van der Waals surface area contributed by atoms with Gasteiger partial charge in [0.25, 0.3) is 5.91 Å². The number of halogens is 2. The Kier molecular flexibility index (Phi) is 8.24. The number of amides is 2. The first-order chi connectivity index (χ1) is 18.1. The van der Waals surface area contributed by atoms with Crippen LogP contribution in [-0.2, 0) is 9.59 Å².